The van der Waals surface area contributed by atoms with Gasteiger partial charge in [-0.2, -0.15) is 0 Å². The normalized spacial score (nSPS) is 13.7. The highest BCUT2D eigenvalue weighted by Gasteiger charge is 2.25. The molecular formula is C15H21NO4. The minimum absolute atomic E-state index is 0.0463. The molecular weight excluding hydrogens is 258 g/mol. The van der Waals surface area contributed by atoms with Gasteiger partial charge in [-0.25, -0.2) is 4.79 Å². The molecule has 1 aromatic rings. The molecule has 0 bridgehead atoms. The number of hydrogen-bond acceptors (Lipinski definition) is 5. The van der Waals surface area contributed by atoms with Crippen molar-refractivity contribution < 1.29 is 19.1 Å². The lowest BCUT2D eigenvalue weighted by atomic mass is 10.1. The number of benzene rings is 1. The van der Waals surface area contributed by atoms with Gasteiger partial charge in [-0.05, 0) is 18.4 Å². The van der Waals surface area contributed by atoms with Crippen molar-refractivity contribution in [3.05, 3.63) is 35.9 Å². The van der Waals surface area contributed by atoms with E-state index in [-0.39, 0.29) is 12.5 Å². The Morgan fingerprint density at radius 2 is 1.70 bits per heavy atom. The fourth-order valence-electron chi connectivity index (χ4n) is 1.42. The Labute approximate surface area is 119 Å². The third-order valence-electron chi connectivity index (χ3n) is 2.84. The third-order valence-corrected chi connectivity index (χ3v) is 2.84. The molecule has 5 heteroatoms. The van der Waals surface area contributed by atoms with Crippen LogP contribution < -0.4 is 5.73 Å². The number of esters is 2. The highest BCUT2D eigenvalue weighted by Crippen LogP contribution is 2.06. The quantitative estimate of drug-likeness (QED) is 0.801. The van der Waals surface area contributed by atoms with Crippen molar-refractivity contribution in [3.8, 4) is 0 Å². The van der Waals surface area contributed by atoms with E-state index in [0.717, 1.165) is 5.56 Å². The molecule has 5 nitrogen and oxygen atoms in total. The van der Waals surface area contributed by atoms with Gasteiger partial charge in [0.1, 0.15) is 12.6 Å². The Bertz CT molecular complexity index is 444. The standard InChI is InChI=1S/C15H21NO4/c1-10(2)13(16)15(18)20-11(3)14(17)19-9-12-7-5-4-6-8-12/h4-8,10-11,13H,9,16H2,1-3H3. The summed E-state index contributed by atoms with van der Waals surface area (Å²) >= 11 is 0. The van der Waals surface area contributed by atoms with Crippen LogP contribution in [0.3, 0.4) is 0 Å². The molecule has 0 fully saturated rings. The van der Waals surface area contributed by atoms with Crippen molar-refractivity contribution in [2.75, 3.05) is 0 Å². The molecule has 0 radical (unpaired) electrons. The molecule has 0 aromatic heterocycles. The highest BCUT2D eigenvalue weighted by molar-refractivity contribution is 5.81. The fraction of sp³-hybridized carbons (Fsp3) is 0.467. The predicted molar refractivity (Wildman–Crippen MR) is 74.6 cm³/mol. The largest absolute Gasteiger partial charge is 0.458 e. The summed E-state index contributed by atoms with van der Waals surface area (Å²) < 4.78 is 10.1. The van der Waals surface area contributed by atoms with E-state index in [1.807, 2.05) is 44.2 Å². The molecule has 110 valence electrons. The minimum Gasteiger partial charge on any atom is -0.458 e. The van der Waals surface area contributed by atoms with Crippen LogP contribution in [0.4, 0.5) is 0 Å². The SMILES string of the molecule is CC(OC(=O)C(N)C(C)C)C(=O)OCc1ccccc1. The number of ether oxygens (including phenoxy) is 2. The van der Waals surface area contributed by atoms with Crippen LogP contribution in [-0.2, 0) is 25.7 Å². The van der Waals surface area contributed by atoms with Gasteiger partial charge in [0.05, 0.1) is 0 Å². The summed E-state index contributed by atoms with van der Waals surface area (Å²) in [6.07, 6.45) is -0.962. The first-order valence-corrected chi connectivity index (χ1v) is 6.58. The van der Waals surface area contributed by atoms with Gasteiger partial charge >= 0.3 is 11.9 Å². The summed E-state index contributed by atoms with van der Waals surface area (Å²) in [5, 5.41) is 0. The van der Waals surface area contributed by atoms with Crippen LogP contribution in [0.1, 0.15) is 26.3 Å². The van der Waals surface area contributed by atoms with Crippen molar-refractivity contribution in [2.45, 2.75) is 39.5 Å². The van der Waals surface area contributed by atoms with Crippen LogP contribution in [0, 0.1) is 5.92 Å². The molecule has 0 saturated carbocycles. The molecule has 2 unspecified atom stereocenters. The van der Waals surface area contributed by atoms with E-state index in [4.69, 9.17) is 15.2 Å². The summed E-state index contributed by atoms with van der Waals surface area (Å²) in [7, 11) is 0. The van der Waals surface area contributed by atoms with E-state index in [1.165, 1.54) is 6.92 Å². The van der Waals surface area contributed by atoms with Crippen molar-refractivity contribution in [1.29, 1.82) is 0 Å². The van der Waals surface area contributed by atoms with E-state index in [2.05, 4.69) is 0 Å². The Morgan fingerprint density at radius 3 is 2.25 bits per heavy atom. The second kappa shape index (κ2) is 7.65. The molecule has 1 aromatic carbocycles. The highest BCUT2D eigenvalue weighted by atomic mass is 16.6. The Hall–Kier alpha value is -1.88. The monoisotopic (exact) mass is 279 g/mol. The van der Waals surface area contributed by atoms with Gasteiger partial charge in [-0.3, -0.25) is 4.79 Å². The van der Waals surface area contributed by atoms with Crippen molar-refractivity contribution in [3.63, 3.8) is 0 Å². The second-order valence-electron chi connectivity index (χ2n) is 4.94. The van der Waals surface area contributed by atoms with E-state index in [0.29, 0.717) is 0 Å². The van der Waals surface area contributed by atoms with Gasteiger partial charge in [0.2, 0.25) is 0 Å². The van der Waals surface area contributed by atoms with Crippen LogP contribution >= 0.6 is 0 Å². The molecule has 1 rings (SSSR count). The van der Waals surface area contributed by atoms with Crippen molar-refractivity contribution >= 4 is 11.9 Å². The summed E-state index contributed by atoms with van der Waals surface area (Å²) in [6.45, 7) is 5.24. The van der Waals surface area contributed by atoms with Gasteiger partial charge in [0.25, 0.3) is 0 Å². The molecule has 0 heterocycles. The van der Waals surface area contributed by atoms with Gasteiger partial charge in [0.15, 0.2) is 6.10 Å². The zero-order valence-electron chi connectivity index (χ0n) is 12.0. The Morgan fingerprint density at radius 1 is 1.10 bits per heavy atom. The molecule has 0 aliphatic rings. The smallest absolute Gasteiger partial charge is 0.347 e. The fourth-order valence-corrected chi connectivity index (χ4v) is 1.42. The van der Waals surface area contributed by atoms with Gasteiger partial charge in [0, 0.05) is 0 Å². The lowest BCUT2D eigenvalue weighted by molar-refractivity contribution is -0.168. The summed E-state index contributed by atoms with van der Waals surface area (Å²) in [4.78, 5) is 23.3. The van der Waals surface area contributed by atoms with E-state index >= 15 is 0 Å². The second-order valence-corrected chi connectivity index (χ2v) is 4.94. The molecule has 0 aliphatic carbocycles. The molecule has 20 heavy (non-hydrogen) atoms. The number of carbonyl (C=O) groups is 2. The van der Waals surface area contributed by atoms with Crippen molar-refractivity contribution in [1.82, 2.24) is 0 Å². The lowest BCUT2D eigenvalue weighted by Crippen LogP contribution is -2.40. The van der Waals surface area contributed by atoms with E-state index in [1.54, 1.807) is 0 Å². The zero-order valence-corrected chi connectivity index (χ0v) is 12.0. The molecule has 0 spiro atoms. The van der Waals surface area contributed by atoms with Crippen LogP contribution in [0.5, 0.6) is 0 Å². The van der Waals surface area contributed by atoms with Gasteiger partial charge in [-0.1, -0.05) is 44.2 Å². The molecule has 0 saturated heterocycles. The van der Waals surface area contributed by atoms with E-state index in [9.17, 15) is 9.59 Å². The molecule has 2 N–H and O–H groups in total. The maximum absolute atomic E-state index is 11.7. The van der Waals surface area contributed by atoms with E-state index < -0.39 is 24.1 Å². The number of rotatable bonds is 6. The lowest BCUT2D eigenvalue weighted by Gasteiger charge is -2.18. The number of hydrogen-bond donors (Lipinski definition) is 1. The summed E-state index contributed by atoms with van der Waals surface area (Å²) in [6, 6.07) is 8.54. The number of carbonyl (C=O) groups excluding carboxylic acids is 2. The average molecular weight is 279 g/mol. The topological polar surface area (TPSA) is 78.6 Å². The molecule has 0 amide bonds. The first kappa shape index (κ1) is 16.2. The maximum atomic E-state index is 11.7. The van der Waals surface area contributed by atoms with Crippen LogP contribution in [0.15, 0.2) is 30.3 Å². The van der Waals surface area contributed by atoms with Crippen molar-refractivity contribution in [2.24, 2.45) is 11.7 Å². The van der Waals surface area contributed by atoms with Gasteiger partial charge < -0.3 is 15.2 Å². The first-order chi connectivity index (χ1) is 9.41. The molecule has 2 atom stereocenters. The third kappa shape index (κ3) is 5.01. The van der Waals surface area contributed by atoms with Crippen LogP contribution in [0.25, 0.3) is 0 Å². The first-order valence-electron chi connectivity index (χ1n) is 6.58. The summed E-state index contributed by atoms with van der Waals surface area (Å²) in [5.41, 5.74) is 6.52. The predicted octanol–water partition coefficient (Wildman–Crippen LogP) is 1.64. The van der Waals surface area contributed by atoms with Crippen LogP contribution in [0.2, 0.25) is 0 Å². The maximum Gasteiger partial charge on any atom is 0.347 e. The average Bonchev–Trinajstić information content (AvgIpc) is 2.44. The number of nitrogens with two attached hydrogens (primary N) is 1. The Balaban J connectivity index is 2.41. The van der Waals surface area contributed by atoms with Crippen LogP contribution in [-0.4, -0.2) is 24.1 Å². The minimum atomic E-state index is -0.962. The Kier molecular flexibility index (Phi) is 6.18. The van der Waals surface area contributed by atoms with Gasteiger partial charge in [-0.15, -0.1) is 0 Å². The summed E-state index contributed by atoms with van der Waals surface area (Å²) in [5.74, 6) is -1.22. The zero-order chi connectivity index (χ0) is 15.1. The molecule has 0 aliphatic heterocycles.